The van der Waals surface area contributed by atoms with Gasteiger partial charge in [0.05, 0.1) is 12.2 Å². The van der Waals surface area contributed by atoms with Crippen molar-refractivity contribution in [2.75, 3.05) is 5.32 Å². The topological polar surface area (TPSA) is 77.6 Å². The Morgan fingerprint density at radius 2 is 1.96 bits per heavy atom. The van der Waals surface area contributed by atoms with Crippen LogP contribution in [-0.2, 0) is 17.9 Å². The number of aromatic nitrogens is 5. The SMILES string of the molecule is Cc1ccn(CCC(=O)Nc2ncn(Cc3ccccc3)n2)n1. The van der Waals surface area contributed by atoms with E-state index in [1.54, 1.807) is 15.7 Å². The lowest BCUT2D eigenvalue weighted by atomic mass is 10.2. The van der Waals surface area contributed by atoms with Gasteiger partial charge < -0.3 is 0 Å². The van der Waals surface area contributed by atoms with Gasteiger partial charge in [0.1, 0.15) is 6.33 Å². The Labute approximate surface area is 134 Å². The van der Waals surface area contributed by atoms with Crippen molar-refractivity contribution in [1.29, 1.82) is 0 Å². The van der Waals surface area contributed by atoms with Crippen LogP contribution >= 0.6 is 0 Å². The molecular formula is C16H18N6O. The van der Waals surface area contributed by atoms with E-state index in [-0.39, 0.29) is 5.91 Å². The molecule has 3 rings (SSSR count). The van der Waals surface area contributed by atoms with Gasteiger partial charge >= 0.3 is 0 Å². The van der Waals surface area contributed by atoms with Crippen LogP contribution in [-0.4, -0.2) is 30.5 Å². The Morgan fingerprint density at radius 3 is 2.70 bits per heavy atom. The molecule has 1 amide bonds. The van der Waals surface area contributed by atoms with E-state index in [4.69, 9.17) is 0 Å². The molecule has 2 heterocycles. The predicted molar refractivity (Wildman–Crippen MR) is 85.8 cm³/mol. The molecule has 1 aromatic carbocycles. The summed E-state index contributed by atoms with van der Waals surface area (Å²) in [5.74, 6) is 0.193. The number of nitrogens with one attached hydrogen (secondary N) is 1. The van der Waals surface area contributed by atoms with E-state index in [9.17, 15) is 4.79 Å². The largest absolute Gasteiger partial charge is 0.293 e. The first-order valence-corrected chi connectivity index (χ1v) is 7.42. The van der Waals surface area contributed by atoms with E-state index in [1.807, 2.05) is 49.5 Å². The second-order valence-electron chi connectivity index (χ2n) is 5.27. The highest BCUT2D eigenvalue weighted by Gasteiger charge is 2.07. The van der Waals surface area contributed by atoms with Gasteiger partial charge in [-0.2, -0.15) is 5.10 Å². The summed E-state index contributed by atoms with van der Waals surface area (Å²) in [6.07, 6.45) is 3.79. The summed E-state index contributed by atoms with van der Waals surface area (Å²) in [6.45, 7) is 3.07. The maximum absolute atomic E-state index is 11.9. The normalized spacial score (nSPS) is 10.7. The van der Waals surface area contributed by atoms with Crippen LogP contribution in [0.4, 0.5) is 5.95 Å². The molecule has 0 unspecified atom stereocenters. The summed E-state index contributed by atoms with van der Waals surface area (Å²) in [5, 5.41) is 11.2. The first kappa shape index (κ1) is 15.0. The molecule has 0 atom stereocenters. The Bertz CT molecular complexity index is 777. The highest BCUT2D eigenvalue weighted by molar-refractivity contribution is 5.88. The Kier molecular flexibility index (Phi) is 4.46. The predicted octanol–water partition coefficient (Wildman–Crippen LogP) is 1.86. The van der Waals surface area contributed by atoms with Crippen LogP contribution in [0.1, 0.15) is 17.7 Å². The van der Waals surface area contributed by atoms with E-state index < -0.39 is 0 Å². The van der Waals surface area contributed by atoms with Crippen molar-refractivity contribution in [3.63, 3.8) is 0 Å². The zero-order valence-electron chi connectivity index (χ0n) is 12.9. The number of anilines is 1. The van der Waals surface area contributed by atoms with Gasteiger partial charge in [-0.05, 0) is 18.6 Å². The highest BCUT2D eigenvalue weighted by atomic mass is 16.1. The molecule has 118 valence electrons. The number of aryl methyl sites for hydroxylation is 2. The zero-order valence-corrected chi connectivity index (χ0v) is 12.9. The lowest BCUT2D eigenvalue weighted by Gasteiger charge is -2.02. The van der Waals surface area contributed by atoms with Crippen LogP contribution in [0.3, 0.4) is 0 Å². The lowest BCUT2D eigenvalue weighted by molar-refractivity contribution is -0.116. The van der Waals surface area contributed by atoms with E-state index in [0.717, 1.165) is 11.3 Å². The van der Waals surface area contributed by atoms with Crippen molar-refractivity contribution in [3.05, 3.63) is 60.2 Å². The molecule has 3 aromatic rings. The number of hydrogen-bond acceptors (Lipinski definition) is 4. The summed E-state index contributed by atoms with van der Waals surface area (Å²) in [5.41, 5.74) is 2.07. The van der Waals surface area contributed by atoms with Gasteiger partial charge in [0, 0.05) is 19.2 Å². The summed E-state index contributed by atoms with van der Waals surface area (Å²) < 4.78 is 3.44. The van der Waals surface area contributed by atoms with Crippen molar-refractivity contribution in [3.8, 4) is 0 Å². The van der Waals surface area contributed by atoms with Crippen LogP contribution in [0.2, 0.25) is 0 Å². The summed E-state index contributed by atoms with van der Waals surface area (Å²) in [6, 6.07) is 11.9. The zero-order chi connectivity index (χ0) is 16.1. The fourth-order valence-corrected chi connectivity index (χ4v) is 2.19. The number of amides is 1. The van der Waals surface area contributed by atoms with E-state index in [1.165, 1.54) is 0 Å². The van der Waals surface area contributed by atoms with E-state index in [2.05, 4.69) is 20.5 Å². The molecule has 0 aliphatic rings. The van der Waals surface area contributed by atoms with Crippen molar-refractivity contribution in [2.45, 2.75) is 26.4 Å². The third-order valence-corrected chi connectivity index (χ3v) is 3.32. The number of nitrogens with zero attached hydrogens (tertiary/aromatic N) is 5. The summed E-state index contributed by atoms with van der Waals surface area (Å²) >= 11 is 0. The molecule has 23 heavy (non-hydrogen) atoms. The van der Waals surface area contributed by atoms with Crippen molar-refractivity contribution < 1.29 is 4.79 Å². The molecule has 7 heteroatoms. The molecule has 0 fully saturated rings. The van der Waals surface area contributed by atoms with Crippen molar-refractivity contribution in [1.82, 2.24) is 24.5 Å². The summed E-state index contributed by atoms with van der Waals surface area (Å²) in [4.78, 5) is 16.0. The molecule has 0 bridgehead atoms. The third-order valence-electron chi connectivity index (χ3n) is 3.32. The minimum absolute atomic E-state index is 0.129. The number of rotatable bonds is 6. The van der Waals surface area contributed by atoms with E-state index >= 15 is 0 Å². The molecule has 0 saturated heterocycles. The molecule has 0 aliphatic heterocycles. The fraction of sp³-hybridized carbons (Fsp3) is 0.250. The minimum atomic E-state index is -0.129. The van der Waals surface area contributed by atoms with Crippen molar-refractivity contribution >= 4 is 11.9 Å². The van der Waals surface area contributed by atoms with Gasteiger partial charge in [-0.1, -0.05) is 30.3 Å². The first-order valence-electron chi connectivity index (χ1n) is 7.42. The quantitative estimate of drug-likeness (QED) is 0.754. The number of benzene rings is 1. The first-order chi connectivity index (χ1) is 11.2. The van der Waals surface area contributed by atoms with Gasteiger partial charge in [0.25, 0.3) is 0 Å². The van der Waals surface area contributed by atoms with Gasteiger partial charge in [-0.3, -0.25) is 14.8 Å². The van der Waals surface area contributed by atoms with Gasteiger partial charge in [0.15, 0.2) is 0 Å². The number of carbonyl (C=O) groups excluding carboxylic acids is 1. The van der Waals surface area contributed by atoms with Gasteiger partial charge in [0.2, 0.25) is 11.9 Å². The highest BCUT2D eigenvalue weighted by Crippen LogP contribution is 2.04. The third kappa shape index (κ3) is 4.26. The van der Waals surface area contributed by atoms with Crippen LogP contribution in [0, 0.1) is 6.92 Å². The lowest BCUT2D eigenvalue weighted by Crippen LogP contribution is -2.16. The Balaban J connectivity index is 1.51. The van der Waals surface area contributed by atoms with Gasteiger partial charge in [-0.15, -0.1) is 5.10 Å². The molecule has 1 N–H and O–H groups in total. The second kappa shape index (κ2) is 6.87. The Hall–Kier alpha value is -2.96. The van der Waals surface area contributed by atoms with Crippen LogP contribution < -0.4 is 5.32 Å². The summed E-state index contributed by atoms with van der Waals surface area (Å²) in [7, 11) is 0. The second-order valence-corrected chi connectivity index (χ2v) is 5.27. The maximum atomic E-state index is 11.9. The molecule has 0 saturated carbocycles. The number of carbonyl (C=O) groups is 1. The standard InChI is InChI=1S/C16H18N6O/c1-13-7-9-21(19-13)10-8-15(23)18-16-17-12-22(20-16)11-14-5-3-2-4-6-14/h2-7,9,12H,8,10-11H2,1H3,(H,18,20,23). The molecule has 7 nitrogen and oxygen atoms in total. The monoisotopic (exact) mass is 310 g/mol. The van der Waals surface area contributed by atoms with E-state index in [0.29, 0.717) is 25.5 Å². The van der Waals surface area contributed by atoms with Crippen LogP contribution in [0.25, 0.3) is 0 Å². The molecule has 2 aromatic heterocycles. The molecule has 0 spiro atoms. The van der Waals surface area contributed by atoms with Gasteiger partial charge in [-0.25, -0.2) is 9.67 Å². The van der Waals surface area contributed by atoms with Crippen LogP contribution in [0.5, 0.6) is 0 Å². The average Bonchev–Trinajstić information content (AvgIpc) is 3.15. The maximum Gasteiger partial charge on any atom is 0.248 e. The fourth-order valence-electron chi connectivity index (χ4n) is 2.19. The smallest absolute Gasteiger partial charge is 0.248 e. The Morgan fingerprint density at radius 1 is 1.13 bits per heavy atom. The van der Waals surface area contributed by atoms with Crippen molar-refractivity contribution in [2.24, 2.45) is 0 Å². The van der Waals surface area contributed by atoms with Crippen LogP contribution in [0.15, 0.2) is 48.9 Å². The molecule has 0 aliphatic carbocycles. The number of hydrogen-bond donors (Lipinski definition) is 1. The molecular weight excluding hydrogens is 292 g/mol. The molecule has 0 radical (unpaired) electrons. The minimum Gasteiger partial charge on any atom is -0.293 e. The average molecular weight is 310 g/mol.